The van der Waals surface area contributed by atoms with Gasteiger partial charge >= 0.3 is 0 Å². The minimum absolute atomic E-state index is 0.00760. The topological polar surface area (TPSA) is 88.2 Å². The van der Waals surface area contributed by atoms with Crippen molar-refractivity contribution < 1.29 is 23.9 Å². The van der Waals surface area contributed by atoms with Crippen LogP contribution in [0, 0.1) is 6.92 Å². The number of rotatable bonds is 6. The van der Waals surface area contributed by atoms with E-state index in [0.29, 0.717) is 42.8 Å². The summed E-state index contributed by atoms with van der Waals surface area (Å²) in [4.78, 5) is 43.7. The highest BCUT2D eigenvalue weighted by atomic mass is 16.5. The van der Waals surface area contributed by atoms with Gasteiger partial charge in [0.15, 0.2) is 0 Å². The largest absolute Gasteiger partial charge is 0.497 e. The summed E-state index contributed by atoms with van der Waals surface area (Å²) in [6.07, 6.45) is 1.64. The van der Waals surface area contributed by atoms with E-state index in [1.54, 1.807) is 47.2 Å². The first-order chi connectivity index (χ1) is 17.3. The van der Waals surface area contributed by atoms with Crippen molar-refractivity contribution in [1.29, 1.82) is 0 Å². The second-order valence-corrected chi connectivity index (χ2v) is 9.61. The summed E-state index contributed by atoms with van der Waals surface area (Å²) in [7, 11) is 1.57. The number of ether oxygens (including phenoxy) is 2. The van der Waals surface area contributed by atoms with Crippen molar-refractivity contribution in [2.75, 3.05) is 26.8 Å². The number of methoxy groups -OCH3 is 1. The third-order valence-corrected chi connectivity index (χ3v) is 7.31. The van der Waals surface area contributed by atoms with Crippen molar-refractivity contribution in [2.24, 2.45) is 0 Å². The van der Waals surface area contributed by atoms with Crippen LogP contribution < -0.4 is 10.1 Å². The van der Waals surface area contributed by atoms with E-state index in [0.717, 1.165) is 12.0 Å². The summed E-state index contributed by atoms with van der Waals surface area (Å²) < 4.78 is 11.5. The molecule has 0 bridgehead atoms. The number of likely N-dealkylation sites (tertiary alicyclic amines) is 1. The van der Waals surface area contributed by atoms with E-state index in [1.807, 2.05) is 39.0 Å². The molecular formula is C28H35N3O5. The van der Waals surface area contributed by atoms with Gasteiger partial charge in [0.1, 0.15) is 17.5 Å². The fraction of sp³-hybridized carbons (Fsp3) is 0.464. The van der Waals surface area contributed by atoms with Gasteiger partial charge in [-0.1, -0.05) is 31.2 Å². The molecule has 0 aliphatic carbocycles. The molecule has 0 aromatic heterocycles. The normalized spacial score (nSPS) is 19.7. The predicted molar refractivity (Wildman–Crippen MR) is 136 cm³/mol. The molecule has 2 fully saturated rings. The summed E-state index contributed by atoms with van der Waals surface area (Å²) in [5.41, 5.74) is 1.01. The maximum absolute atomic E-state index is 13.9. The molecule has 1 spiro atoms. The van der Waals surface area contributed by atoms with Crippen LogP contribution in [-0.4, -0.2) is 72.1 Å². The lowest BCUT2D eigenvalue weighted by molar-refractivity contribution is -0.128. The molecule has 2 atom stereocenters. The van der Waals surface area contributed by atoms with Gasteiger partial charge in [-0.05, 0) is 50.1 Å². The van der Waals surface area contributed by atoms with Gasteiger partial charge < -0.3 is 19.7 Å². The molecule has 0 radical (unpaired) electrons. The van der Waals surface area contributed by atoms with Crippen molar-refractivity contribution in [2.45, 2.75) is 57.8 Å². The standard InChI is InChI=1S/C28H35N3O5/c1-5-20(3)29-25(32)24-18-36-28(31(24)27(34)23-12-7-6-9-19(23)2)13-15-30(16-14-28)26(33)21-10-8-11-22(17-21)35-4/h6-12,17,20,24H,5,13-16,18H2,1-4H3,(H,29,32). The highest BCUT2D eigenvalue weighted by Crippen LogP contribution is 2.39. The van der Waals surface area contributed by atoms with Gasteiger partial charge in [-0.3, -0.25) is 19.3 Å². The van der Waals surface area contributed by atoms with Gasteiger partial charge in [-0.15, -0.1) is 0 Å². The Morgan fingerprint density at radius 1 is 1.11 bits per heavy atom. The van der Waals surface area contributed by atoms with Crippen molar-refractivity contribution in [1.82, 2.24) is 15.1 Å². The van der Waals surface area contributed by atoms with E-state index < -0.39 is 11.8 Å². The molecule has 2 heterocycles. The minimum atomic E-state index is -0.942. The molecule has 36 heavy (non-hydrogen) atoms. The highest BCUT2D eigenvalue weighted by Gasteiger charge is 2.54. The van der Waals surface area contributed by atoms with E-state index in [4.69, 9.17) is 9.47 Å². The Morgan fingerprint density at radius 2 is 1.83 bits per heavy atom. The number of benzene rings is 2. The molecular weight excluding hydrogens is 458 g/mol. The molecule has 3 amide bonds. The van der Waals surface area contributed by atoms with Crippen LogP contribution >= 0.6 is 0 Å². The lowest BCUT2D eigenvalue weighted by Crippen LogP contribution is -2.60. The maximum Gasteiger partial charge on any atom is 0.257 e. The number of aryl methyl sites for hydroxylation is 1. The molecule has 0 saturated carbocycles. The molecule has 8 heteroatoms. The van der Waals surface area contributed by atoms with Crippen LogP contribution in [0.2, 0.25) is 0 Å². The Morgan fingerprint density at radius 3 is 2.50 bits per heavy atom. The third kappa shape index (κ3) is 4.95. The van der Waals surface area contributed by atoms with Crippen molar-refractivity contribution >= 4 is 17.7 Å². The number of hydrogen-bond acceptors (Lipinski definition) is 5. The molecule has 2 aliphatic heterocycles. The number of carbonyl (C=O) groups is 3. The van der Waals surface area contributed by atoms with E-state index in [9.17, 15) is 14.4 Å². The summed E-state index contributed by atoms with van der Waals surface area (Å²) in [5, 5.41) is 3.01. The molecule has 2 aliphatic rings. The van der Waals surface area contributed by atoms with E-state index in [1.165, 1.54) is 0 Å². The van der Waals surface area contributed by atoms with Gasteiger partial charge in [-0.25, -0.2) is 0 Å². The predicted octanol–water partition coefficient (Wildman–Crippen LogP) is 3.39. The van der Waals surface area contributed by atoms with Crippen LogP contribution in [0.5, 0.6) is 5.75 Å². The van der Waals surface area contributed by atoms with Crippen LogP contribution in [0.3, 0.4) is 0 Å². The second kappa shape index (κ2) is 10.7. The number of carbonyl (C=O) groups excluding carboxylic acids is 3. The van der Waals surface area contributed by atoms with Crippen LogP contribution in [0.1, 0.15) is 59.4 Å². The first-order valence-corrected chi connectivity index (χ1v) is 12.6. The number of nitrogens with one attached hydrogen (secondary N) is 1. The molecule has 1 N–H and O–H groups in total. The smallest absolute Gasteiger partial charge is 0.257 e. The minimum Gasteiger partial charge on any atom is -0.497 e. The van der Waals surface area contributed by atoms with Crippen molar-refractivity contribution in [3.8, 4) is 5.75 Å². The zero-order valence-corrected chi connectivity index (χ0v) is 21.5. The molecule has 2 aromatic rings. The molecule has 192 valence electrons. The monoisotopic (exact) mass is 493 g/mol. The molecule has 2 aromatic carbocycles. The number of amides is 3. The maximum atomic E-state index is 13.9. The van der Waals surface area contributed by atoms with Gasteiger partial charge in [0.25, 0.3) is 11.8 Å². The summed E-state index contributed by atoms with van der Waals surface area (Å²) in [5.74, 6) is 0.101. The second-order valence-electron chi connectivity index (χ2n) is 9.61. The highest BCUT2D eigenvalue weighted by molar-refractivity contribution is 5.99. The van der Waals surface area contributed by atoms with Crippen molar-refractivity contribution in [3.63, 3.8) is 0 Å². The number of hydrogen-bond donors (Lipinski definition) is 1. The average molecular weight is 494 g/mol. The Bertz CT molecular complexity index is 1130. The zero-order chi connectivity index (χ0) is 25.9. The molecule has 8 nitrogen and oxygen atoms in total. The Balaban J connectivity index is 1.58. The lowest BCUT2D eigenvalue weighted by atomic mass is 9.95. The fourth-order valence-electron chi connectivity index (χ4n) is 4.95. The summed E-state index contributed by atoms with van der Waals surface area (Å²) in [6, 6.07) is 13.7. The summed E-state index contributed by atoms with van der Waals surface area (Å²) in [6.45, 7) is 6.79. The quantitative estimate of drug-likeness (QED) is 0.667. The van der Waals surface area contributed by atoms with Crippen LogP contribution in [-0.2, 0) is 9.53 Å². The number of piperidine rings is 1. The van der Waals surface area contributed by atoms with Gasteiger partial charge in [-0.2, -0.15) is 0 Å². The van der Waals surface area contributed by atoms with Crippen LogP contribution in [0.4, 0.5) is 0 Å². The average Bonchev–Trinajstić information content (AvgIpc) is 3.27. The van der Waals surface area contributed by atoms with Gasteiger partial charge in [0.2, 0.25) is 5.91 Å². The summed E-state index contributed by atoms with van der Waals surface area (Å²) >= 11 is 0. The van der Waals surface area contributed by atoms with Gasteiger partial charge in [0.05, 0.1) is 13.7 Å². The van der Waals surface area contributed by atoms with Gasteiger partial charge in [0, 0.05) is 43.1 Å². The molecule has 2 unspecified atom stereocenters. The first kappa shape index (κ1) is 25.7. The van der Waals surface area contributed by atoms with E-state index >= 15 is 0 Å². The molecule has 2 saturated heterocycles. The van der Waals surface area contributed by atoms with Crippen LogP contribution in [0.15, 0.2) is 48.5 Å². The Labute approximate surface area is 212 Å². The molecule has 4 rings (SSSR count). The van der Waals surface area contributed by atoms with E-state index in [-0.39, 0.29) is 30.4 Å². The lowest BCUT2D eigenvalue weighted by Gasteiger charge is -2.44. The zero-order valence-electron chi connectivity index (χ0n) is 21.5. The van der Waals surface area contributed by atoms with Crippen LogP contribution in [0.25, 0.3) is 0 Å². The Hall–Kier alpha value is -3.39. The fourth-order valence-corrected chi connectivity index (χ4v) is 4.95. The van der Waals surface area contributed by atoms with E-state index in [2.05, 4.69) is 5.32 Å². The SMILES string of the molecule is CCC(C)NC(=O)C1COC2(CCN(C(=O)c3cccc(OC)c3)CC2)N1C(=O)c1ccccc1C. The third-order valence-electron chi connectivity index (χ3n) is 7.31. The van der Waals surface area contributed by atoms with Crippen molar-refractivity contribution in [3.05, 3.63) is 65.2 Å². The first-order valence-electron chi connectivity index (χ1n) is 12.6. The number of nitrogens with zero attached hydrogens (tertiary/aromatic N) is 2. The Kier molecular flexibility index (Phi) is 7.64.